The van der Waals surface area contributed by atoms with Gasteiger partial charge >= 0.3 is 0 Å². The van der Waals surface area contributed by atoms with Gasteiger partial charge in [-0.15, -0.1) is 10.2 Å². The number of rotatable bonds is 4. The molecular formula is C25H24N4O2. The quantitative estimate of drug-likeness (QED) is 0.478. The topological polar surface area (TPSA) is 71.3 Å². The number of carbonyl (C=O) groups is 1. The second-order valence-corrected chi connectivity index (χ2v) is 7.86. The van der Waals surface area contributed by atoms with Gasteiger partial charge in [-0.05, 0) is 49.2 Å². The summed E-state index contributed by atoms with van der Waals surface area (Å²) in [6, 6.07) is 21.0. The Kier molecular flexibility index (Phi) is 5.35. The Morgan fingerprint density at radius 3 is 2.35 bits per heavy atom. The van der Waals surface area contributed by atoms with Crippen molar-refractivity contribution in [1.29, 1.82) is 0 Å². The number of anilines is 2. The molecule has 0 atom stereocenters. The van der Waals surface area contributed by atoms with E-state index in [1.807, 2.05) is 60.7 Å². The van der Waals surface area contributed by atoms with Crippen LogP contribution in [-0.4, -0.2) is 29.2 Å². The van der Waals surface area contributed by atoms with Gasteiger partial charge in [0.05, 0.1) is 5.69 Å². The third kappa shape index (κ3) is 4.28. The molecule has 0 bridgehead atoms. The smallest absolute Gasteiger partial charge is 0.291 e. The Hall–Kier alpha value is -3.67. The number of hydrogen-bond acceptors (Lipinski definition) is 5. The standard InChI is InChI=1S/C25H24N4O2/c30-25(23-17-19-7-3-4-8-22(19)31-23)26-20-11-9-18(10-12-20)21-13-14-24(28-27-21)29-15-5-1-2-6-16-29/h3-4,7-14,17H,1-2,5-6,15-16H2,(H,26,30). The van der Waals surface area contributed by atoms with E-state index in [0.29, 0.717) is 17.0 Å². The van der Waals surface area contributed by atoms with E-state index in [0.717, 1.165) is 35.6 Å². The number of hydrogen-bond donors (Lipinski definition) is 1. The van der Waals surface area contributed by atoms with Crippen LogP contribution < -0.4 is 10.2 Å². The molecule has 1 N–H and O–H groups in total. The molecule has 0 unspecified atom stereocenters. The van der Waals surface area contributed by atoms with Crippen LogP contribution in [0.5, 0.6) is 0 Å². The summed E-state index contributed by atoms with van der Waals surface area (Å²) in [5.41, 5.74) is 3.17. The van der Waals surface area contributed by atoms with Gasteiger partial charge in [-0.3, -0.25) is 4.79 Å². The second kappa shape index (κ2) is 8.60. The van der Waals surface area contributed by atoms with Crippen LogP contribution in [0.1, 0.15) is 36.2 Å². The van der Waals surface area contributed by atoms with Crippen LogP contribution >= 0.6 is 0 Å². The fourth-order valence-electron chi connectivity index (χ4n) is 3.96. The maximum absolute atomic E-state index is 12.5. The number of nitrogens with zero attached hydrogens (tertiary/aromatic N) is 3. The second-order valence-electron chi connectivity index (χ2n) is 7.86. The zero-order valence-corrected chi connectivity index (χ0v) is 17.3. The number of carbonyl (C=O) groups excluding carboxylic acids is 1. The number of benzene rings is 2. The van der Waals surface area contributed by atoms with Crippen molar-refractivity contribution < 1.29 is 9.21 Å². The highest BCUT2D eigenvalue weighted by Crippen LogP contribution is 2.23. The van der Waals surface area contributed by atoms with Crippen molar-refractivity contribution in [2.75, 3.05) is 23.3 Å². The molecule has 1 aliphatic rings. The lowest BCUT2D eigenvalue weighted by molar-refractivity contribution is 0.0998. The molecule has 0 saturated carbocycles. The molecule has 0 spiro atoms. The molecule has 0 aliphatic carbocycles. The van der Waals surface area contributed by atoms with E-state index in [-0.39, 0.29) is 5.91 Å². The van der Waals surface area contributed by atoms with Gasteiger partial charge in [0.1, 0.15) is 5.58 Å². The Morgan fingerprint density at radius 2 is 1.65 bits per heavy atom. The van der Waals surface area contributed by atoms with Crippen molar-refractivity contribution >= 4 is 28.4 Å². The molecule has 1 aliphatic heterocycles. The molecule has 2 aromatic heterocycles. The number of aromatic nitrogens is 2. The zero-order chi connectivity index (χ0) is 21.0. The van der Waals surface area contributed by atoms with Gasteiger partial charge in [0.25, 0.3) is 5.91 Å². The van der Waals surface area contributed by atoms with Gasteiger partial charge in [0.2, 0.25) is 0 Å². The largest absolute Gasteiger partial charge is 0.451 e. The van der Waals surface area contributed by atoms with E-state index >= 15 is 0 Å². The van der Waals surface area contributed by atoms with Gasteiger partial charge in [-0.1, -0.05) is 43.2 Å². The molecule has 0 radical (unpaired) electrons. The van der Waals surface area contributed by atoms with Crippen molar-refractivity contribution in [2.45, 2.75) is 25.7 Å². The molecule has 1 saturated heterocycles. The lowest BCUT2D eigenvalue weighted by atomic mass is 10.1. The highest BCUT2D eigenvalue weighted by molar-refractivity contribution is 6.04. The van der Waals surface area contributed by atoms with Crippen LogP contribution in [0.25, 0.3) is 22.2 Å². The first-order chi connectivity index (χ1) is 15.3. The Bertz CT molecular complexity index is 1140. The molecule has 31 heavy (non-hydrogen) atoms. The summed E-state index contributed by atoms with van der Waals surface area (Å²) >= 11 is 0. The Morgan fingerprint density at radius 1 is 0.871 bits per heavy atom. The average Bonchev–Trinajstić information content (AvgIpc) is 3.07. The molecule has 6 nitrogen and oxygen atoms in total. The van der Waals surface area contributed by atoms with Gasteiger partial charge in [0, 0.05) is 29.7 Å². The maximum Gasteiger partial charge on any atom is 0.291 e. The van der Waals surface area contributed by atoms with E-state index in [1.165, 1.54) is 25.7 Å². The summed E-state index contributed by atoms with van der Waals surface area (Å²) in [5, 5.41) is 12.7. The first-order valence-electron chi connectivity index (χ1n) is 10.8. The summed E-state index contributed by atoms with van der Waals surface area (Å²) in [7, 11) is 0. The summed E-state index contributed by atoms with van der Waals surface area (Å²) < 4.78 is 5.63. The molecule has 1 fully saturated rings. The Labute approximate surface area is 180 Å². The number of fused-ring (bicyclic) bond motifs is 1. The lowest BCUT2D eigenvalue weighted by Gasteiger charge is -2.20. The summed E-state index contributed by atoms with van der Waals surface area (Å²) in [5.74, 6) is 0.964. The van der Waals surface area contributed by atoms with Gasteiger partial charge in [-0.2, -0.15) is 0 Å². The minimum atomic E-state index is -0.273. The van der Waals surface area contributed by atoms with Gasteiger partial charge < -0.3 is 14.6 Å². The van der Waals surface area contributed by atoms with Crippen LogP contribution in [0, 0.1) is 0 Å². The van der Waals surface area contributed by atoms with Gasteiger partial charge in [0.15, 0.2) is 11.6 Å². The highest BCUT2D eigenvalue weighted by atomic mass is 16.3. The number of para-hydroxylation sites is 1. The predicted molar refractivity (Wildman–Crippen MR) is 122 cm³/mol. The van der Waals surface area contributed by atoms with E-state index in [1.54, 1.807) is 6.07 Å². The summed E-state index contributed by atoms with van der Waals surface area (Å²) in [4.78, 5) is 14.8. The molecule has 2 aromatic carbocycles. The van der Waals surface area contributed by atoms with Crippen LogP contribution in [0.4, 0.5) is 11.5 Å². The number of amides is 1. The Balaban J connectivity index is 1.26. The van der Waals surface area contributed by atoms with Crippen molar-refractivity contribution in [2.24, 2.45) is 0 Å². The SMILES string of the molecule is O=C(Nc1ccc(-c2ccc(N3CCCCCC3)nn2)cc1)c1cc2ccccc2o1. The van der Waals surface area contributed by atoms with E-state index < -0.39 is 0 Å². The van der Waals surface area contributed by atoms with Crippen LogP contribution in [0.3, 0.4) is 0 Å². The van der Waals surface area contributed by atoms with E-state index in [2.05, 4.69) is 20.4 Å². The van der Waals surface area contributed by atoms with Crippen molar-refractivity contribution in [3.8, 4) is 11.3 Å². The first-order valence-corrected chi connectivity index (χ1v) is 10.8. The minimum absolute atomic E-state index is 0.273. The molecule has 4 aromatic rings. The molecule has 3 heterocycles. The third-order valence-corrected chi connectivity index (χ3v) is 5.67. The zero-order valence-electron chi connectivity index (χ0n) is 17.3. The van der Waals surface area contributed by atoms with Crippen molar-refractivity contribution in [1.82, 2.24) is 10.2 Å². The van der Waals surface area contributed by atoms with Crippen molar-refractivity contribution in [3.05, 3.63) is 72.5 Å². The predicted octanol–water partition coefficient (Wildman–Crippen LogP) is 5.52. The summed E-state index contributed by atoms with van der Waals surface area (Å²) in [6.45, 7) is 2.10. The maximum atomic E-state index is 12.5. The van der Waals surface area contributed by atoms with E-state index in [9.17, 15) is 4.79 Å². The number of nitrogens with one attached hydrogen (secondary N) is 1. The molecule has 6 heteroatoms. The highest BCUT2D eigenvalue weighted by Gasteiger charge is 2.14. The monoisotopic (exact) mass is 412 g/mol. The van der Waals surface area contributed by atoms with E-state index in [4.69, 9.17) is 4.42 Å². The van der Waals surface area contributed by atoms with Crippen molar-refractivity contribution in [3.63, 3.8) is 0 Å². The normalized spacial score (nSPS) is 14.4. The molecule has 1 amide bonds. The van der Waals surface area contributed by atoms with Crippen LogP contribution in [0.2, 0.25) is 0 Å². The number of furan rings is 1. The van der Waals surface area contributed by atoms with Gasteiger partial charge in [-0.25, -0.2) is 0 Å². The third-order valence-electron chi connectivity index (χ3n) is 5.67. The fraction of sp³-hybridized carbons (Fsp3) is 0.240. The van der Waals surface area contributed by atoms with Crippen LogP contribution in [0.15, 0.2) is 71.1 Å². The average molecular weight is 412 g/mol. The molecule has 156 valence electrons. The fourth-order valence-corrected chi connectivity index (χ4v) is 3.96. The molecular weight excluding hydrogens is 388 g/mol. The molecule has 5 rings (SSSR count). The summed E-state index contributed by atoms with van der Waals surface area (Å²) in [6.07, 6.45) is 5.01. The minimum Gasteiger partial charge on any atom is -0.451 e. The van der Waals surface area contributed by atoms with Crippen LogP contribution in [-0.2, 0) is 0 Å². The first kappa shape index (κ1) is 19.3. The lowest BCUT2D eigenvalue weighted by Crippen LogP contribution is -2.25.